The molecule has 0 saturated carbocycles. The van der Waals surface area contributed by atoms with Crippen LogP contribution in [0.25, 0.3) is 0 Å². The number of hydrogen-bond acceptors (Lipinski definition) is 8. The molecule has 0 spiro atoms. The molecule has 0 N–H and O–H groups in total. The molecule has 240 valence electrons. The first-order chi connectivity index (χ1) is 21.6. The molecule has 4 aromatic carbocycles. The Kier molecular flexibility index (Phi) is 12.5. The number of rotatable bonds is 18. The van der Waals surface area contributed by atoms with Gasteiger partial charge in [-0.15, -0.1) is 0 Å². The van der Waals surface area contributed by atoms with Crippen LogP contribution in [0.1, 0.15) is 22.3 Å². The Morgan fingerprint density at radius 3 is 1.20 bits per heavy atom. The van der Waals surface area contributed by atoms with Crippen LogP contribution < -0.4 is 0 Å². The standard InChI is InChI=1S/C35H40O8S2/c1-29-13-17-33(18-14-29)44(36,37)42-23-21-40-27-35(25-31-9-5-3-6-10-31,26-32-11-7-4-8-12-32)28-41-22-24-43-45(38,39)34-19-15-30(2)16-20-34/h3-20H,21-28H2,1-2H3. The van der Waals surface area contributed by atoms with Gasteiger partial charge in [0.25, 0.3) is 20.2 Å². The van der Waals surface area contributed by atoms with E-state index in [9.17, 15) is 16.8 Å². The van der Waals surface area contributed by atoms with Crippen molar-refractivity contribution in [3.63, 3.8) is 0 Å². The summed E-state index contributed by atoms with van der Waals surface area (Å²) in [6, 6.07) is 32.9. The van der Waals surface area contributed by atoms with Gasteiger partial charge in [0.15, 0.2) is 0 Å². The van der Waals surface area contributed by atoms with Crippen molar-refractivity contribution in [2.75, 3.05) is 39.6 Å². The van der Waals surface area contributed by atoms with Crippen molar-refractivity contribution in [1.29, 1.82) is 0 Å². The molecule has 0 radical (unpaired) electrons. The predicted octanol–water partition coefficient (Wildman–Crippen LogP) is 5.92. The summed E-state index contributed by atoms with van der Waals surface area (Å²) in [6.45, 7) is 4.06. The SMILES string of the molecule is Cc1ccc(S(=O)(=O)OCCOCC(COCCOS(=O)(=O)c2ccc(C)cc2)(Cc2ccccc2)Cc2ccccc2)cc1. The zero-order valence-corrected chi connectivity index (χ0v) is 27.3. The van der Waals surface area contributed by atoms with Crippen molar-refractivity contribution in [3.8, 4) is 0 Å². The lowest BCUT2D eigenvalue weighted by Crippen LogP contribution is -2.38. The summed E-state index contributed by atoms with van der Waals surface area (Å²) < 4.78 is 73.1. The molecular formula is C35H40O8S2. The van der Waals surface area contributed by atoms with Crippen LogP contribution in [0.5, 0.6) is 0 Å². The molecule has 4 aromatic rings. The second kappa shape index (κ2) is 16.3. The lowest BCUT2D eigenvalue weighted by Gasteiger charge is -2.34. The third-order valence-corrected chi connectivity index (χ3v) is 9.86. The van der Waals surface area contributed by atoms with Gasteiger partial charge in [-0.25, -0.2) is 0 Å². The van der Waals surface area contributed by atoms with E-state index in [1.54, 1.807) is 24.3 Å². The van der Waals surface area contributed by atoms with Crippen molar-refractivity contribution in [1.82, 2.24) is 0 Å². The summed E-state index contributed by atoms with van der Waals surface area (Å²) in [5, 5.41) is 0. The maximum Gasteiger partial charge on any atom is 0.297 e. The number of hydrogen-bond donors (Lipinski definition) is 0. The van der Waals surface area contributed by atoms with Crippen molar-refractivity contribution in [2.24, 2.45) is 5.41 Å². The summed E-state index contributed by atoms with van der Waals surface area (Å²) in [4.78, 5) is 0.186. The lowest BCUT2D eigenvalue weighted by molar-refractivity contribution is -0.0325. The summed E-state index contributed by atoms with van der Waals surface area (Å²) in [5.41, 5.74) is 3.50. The first-order valence-corrected chi connectivity index (χ1v) is 17.5. The van der Waals surface area contributed by atoms with Crippen molar-refractivity contribution in [3.05, 3.63) is 131 Å². The molecule has 0 atom stereocenters. The molecule has 0 aliphatic carbocycles. The van der Waals surface area contributed by atoms with Gasteiger partial charge in [-0.1, -0.05) is 96.1 Å². The molecule has 0 aromatic heterocycles. The van der Waals surface area contributed by atoms with Gasteiger partial charge in [-0.05, 0) is 62.1 Å². The number of aryl methyl sites for hydroxylation is 2. The van der Waals surface area contributed by atoms with Crippen LogP contribution in [0.2, 0.25) is 0 Å². The lowest BCUT2D eigenvalue weighted by atomic mass is 9.77. The minimum Gasteiger partial charge on any atom is -0.378 e. The van der Waals surface area contributed by atoms with E-state index in [0.29, 0.717) is 12.8 Å². The zero-order valence-electron chi connectivity index (χ0n) is 25.6. The molecule has 10 heteroatoms. The molecule has 45 heavy (non-hydrogen) atoms. The molecular weight excluding hydrogens is 613 g/mol. The third kappa shape index (κ3) is 10.9. The van der Waals surface area contributed by atoms with E-state index in [-0.39, 0.29) is 49.4 Å². The van der Waals surface area contributed by atoms with Crippen LogP contribution in [0, 0.1) is 19.3 Å². The zero-order chi connectivity index (χ0) is 32.2. The second-order valence-corrected chi connectivity index (χ2v) is 14.3. The Bertz CT molecular complexity index is 1540. The van der Waals surface area contributed by atoms with E-state index >= 15 is 0 Å². The quantitative estimate of drug-likeness (QED) is 0.0964. The Morgan fingerprint density at radius 2 is 0.844 bits per heavy atom. The molecule has 0 fully saturated rings. The van der Waals surface area contributed by atoms with Crippen LogP contribution in [0.4, 0.5) is 0 Å². The van der Waals surface area contributed by atoms with Crippen LogP contribution >= 0.6 is 0 Å². The first kappa shape index (κ1) is 34.5. The van der Waals surface area contributed by atoms with Crippen LogP contribution in [0.3, 0.4) is 0 Å². The van der Waals surface area contributed by atoms with Gasteiger partial charge >= 0.3 is 0 Å². The number of benzene rings is 4. The van der Waals surface area contributed by atoms with Crippen molar-refractivity contribution < 1.29 is 34.7 Å². The maximum absolute atomic E-state index is 12.6. The highest BCUT2D eigenvalue weighted by Crippen LogP contribution is 2.30. The normalized spacial score (nSPS) is 12.3. The average Bonchev–Trinajstić information content (AvgIpc) is 3.02. The van der Waals surface area contributed by atoms with E-state index < -0.39 is 25.7 Å². The van der Waals surface area contributed by atoms with Gasteiger partial charge in [0.1, 0.15) is 0 Å². The monoisotopic (exact) mass is 652 g/mol. The fraction of sp³-hybridized carbons (Fsp3) is 0.314. The minimum absolute atomic E-state index is 0.0499. The van der Waals surface area contributed by atoms with Crippen molar-refractivity contribution in [2.45, 2.75) is 36.5 Å². The van der Waals surface area contributed by atoms with E-state index in [4.69, 9.17) is 17.8 Å². The van der Waals surface area contributed by atoms with Gasteiger partial charge in [-0.3, -0.25) is 8.37 Å². The largest absolute Gasteiger partial charge is 0.378 e. The van der Waals surface area contributed by atoms with E-state index in [1.165, 1.54) is 24.3 Å². The Morgan fingerprint density at radius 1 is 0.489 bits per heavy atom. The smallest absolute Gasteiger partial charge is 0.297 e. The van der Waals surface area contributed by atoms with Gasteiger partial charge < -0.3 is 9.47 Å². The second-order valence-electron chi connectivity index (χ2n) is 11.1. The summed E-state index contributed by atoms with van der Waals surface area (Å²) in [7, 11) is -7.83. The fourth-order valence-electron chi connectivity index (χ4n) is 4.89. The Balaban J connectivity index is 1.42. The molecule has 0 aliphatic rings. The van der Waals surface area contributed by atoms with Crippen LogP contribution in [-0.4, -0.2) is 56.5 Å². The van der Waals surface area contributed by atoms with Crippen LogP contribution in [0.15, 0.2) is 119 Å². The predicted molar refractivity (Wildman–Crippen MR) is 173 cm³/mol. The fourth-order valence-corrected chi connectivity index (χ4v) is 6.68. The highest BCUT2D eigenvalue weighted by Gasteiger charge is 2.32. The molecule has 0 bridgehead atoms. The molecule has 0 amide bonds. The van der Waals surface area contributed by atoms with E-state index in [0.717, 1.165) is 22.3 Å². The van der Waals surface area contributed by atoms with E-state index in [2.05, 4.69) is 0 Å². The van der Waals surface area contributed by atoms with Gasteiger partial charge in [0.05, 0.1) is 49.4 Å². The van der Waals surface area contributed by atoms with Crippen molar-refractivity contribution >= 4 is 20.2 Å². The molecule has 0 aliphatic heterocycles. The summed E-state index contributed by atoms with van der Waals surface area (Å²) in [5.74, 6) is 0. The van der Waals surface area contributed by atoms with E-state index in [1.807, 2.05) is 74.5 Å². The molecule has 8 nitrogen and oxygen atoms in total. The minimum atomic E-state index is -3.91. The molecule has 0 heterocycles. The summed E-state index contributed by atoms with van der Waals surface area (Å²) >= 11 is 0. The Labute approximate surface area is 267 Å². The van der Waals surface area contributed by atoms with Gasteiger partial charge in [0, 0.05) is 5.41 Å². The molecule has 0 saturated heterocycles. The third-order valence-electron chi connectivity index (χ3n) is 7.21. The first-order valence-electron chi connectivity index (χ1n) is 14.7. The number of ether oxygens (including phenoxy) is 2. The van der Waals surface area contributed by atoms with Crippen LogP contribution in [-0.2, 0) is 50.9 Å². The Hall–Kier alpha value is -3.38. The molecule has 0 unspecified atom stereocenters. The van der Waals surface area contributed by atoms with Gasteiger partial charge in [0.2, 0.25) is 0 Å². The summed E-state index contributed by atoms with van der Waals surface area (Å²) in [6.07, 6.45) is 1.21. The maximum atomic E-state index is 12.6. The average molecular weight is 653 g/mol. The van der Waals surface area contributed by atoms with Gasteiger partial charge in [-0.2, -0.15) is 16.8 Å². The highest BCUT2D eigenvalue weighted by atomic mass is 32.2. The molecule has 4 rings (SSSR count). The topological polar surface area (TPSA) is 105 Å². The highest BCUT2D eigenvalue weighted by molar-refractivity contribution is 7.87.